The van der Waals surface area contributed by atoms with E-state index in [9.17, 15) is 0 Å². The zero-order valence-corrected chi connectivity index (χ0v) is 7.16. The molecule has 0 spiro atoms. The average Bonchev–Trinajstić information content (AvgIpc) is 2.75. The molecule has 0 saturated heterocycles. The lowest BCUT2D eigenvalue weighted by Gasteiger charge is -2.16. The molecule has 0 aromatic heterocycles. The molecule has 2 aliphatic rings. The second kappa shape index (κ2) is 2.46. The molecule has 64 valence electrons. The van der Waals surface area contributed by atoms with Crippen molar-refractivity contribution in [3.05, 3.63) is 0 Å². The van der Waals surface area contributed by atoms with Crippen LogP contribution >= 0.6 is 0 Å². The minimum atomic E-state index is 0.438. The Morgan fingerprint density at radius 1 is 1.09 bits per heavy atom. The highest BCUT2D eigenvalue weighted by Gasteiger charge is 2.48. The molecule has 2 aliphatic carbocycles. The summed E-state index contributed by atoms with van der Waals surface area (Å²) >= 11 is 0. The Labute approximate surface area is 68.3 Å². The van der Waals surface area contributed by atoms with E-state index in [1.54, 1.807) is 0 Å². The molecular weight excluding hydrogens is 136 g/mol. The van der Waals surface area contributed by atoms with Crippen molar-refractivity contribution in [3.63, 3.8) is 0 Å². The molecule has 2 saturated carbocycles. The highest BCUT2D eigenvalue weighted by Crippen LogP contribution is 2.48. The van der Waals surface area contributed by atoms with Crippen molar-refractivity contribution in [3.8, 4) is 0 Å². The molecule has 0 bridgehead atoms. The van der Waals surface area contributed by atoms with Crippen LogP contribution in [-0.4, -0.2) is 12.1 Å². The first-order valence-corrected chi connectivity index (χ1v) is 4.71. The van der Waals surface area contributed by atoms with E-state index in [0.29, 0.717) is 18.0 Å². The van der Waals surface area contributed by atoms with Gasteiger partial charge in [-0.1, -0.05) is 6.92 Å². The van der Waals surface area contributed by atoms with Crippen molar-refractivity contribution >= 4 is 0 Å². The van der Waals surface area contributed by atoms with Gasteiger partial charge in [-0.05, 0) is 37.0 Å². The van der Waals surface area contributed by atoms with E-state index >= 15 is 0 Å². The van der Waals surface area contributed by atoms with Crippen molar-refractivity contribution in [1.29, 1.82) is 0 Å². The molecule has 4 N–H and O–H groups in total. The number of hydrogen-bond donors (Lipinski definition) is 2. The van der Waals surface area contributed by atoms with E-state index in [1.165, 1.54) is 19.3 Å². The van der Waals surface area contributed by atoms with Crippen LogP contribution in [0.15, 0.2) is 0 Å². The fourth-order valence-corrected chi connectivity index (χ4v) is 2.45. The predicted octanol–water partition coefficient (Wildman–Crippen LogP) is 0.707. The molecule has 4 unspecified atom stereocenters. The van der Waals surface area contributed by atoms with Gasteiger partial charge in [0.05, 0.1) is 0 Å². The molecule has 0 heterocycles. The molecular formula is C9H18N2. The van der Waals surface area contributed by atoms with Gasteiger partial charge in [0, 0.05) is 12.1 Å². The normalized spacial score (nSPS) is 56.5. The maximum atomic E-state index is 6.07. The van der Waals surface area contributed by atoms with Crippen LogP contribution in [0.3, 0.4) is 0 Å². The van der Waals surface area contributed by atoms with Crippen molar-refractivity contribution in [2.24, 2.45) is 29.2 Å². The lowest BCUT2D eigenvalue weighted by Crippen LogP contribution is -2.30. The third-order valence-electron chi connectivity index (χ3n) is 3.55. The van der Waals surface area contributed by atoms with Crippen molar-refractivity contribution in [2.75, 3.05) is 0 Å². The Morgan fingerprint density at radius 3 is 2.55 bits per heavy atom. The van der Waals surface area contributed by atoms with Crippen LogP contribution in [0.5, 0.6) is 0 Å². The third kappa shape index (κ3) is 1.18. The first-order chi connectivity index (χ1) is 5.20. The van der Waals surface area contributed by atoms with E-state index in [4.69, 9.17) is 11.5 Å². The van der Waals surface area contributed by atoms with Gasteiger partial charge in [0.2, 0.25) is 0 Å². The molecule has 11 heavy (non-hydrogen) atoms. The van der Waals surface area contributed by atoms with E-state index in [-0.39, 0.29) is 0 Å². The van der Waals surface area contributed by atoms with Crippen molar-refractivity contribution in [1.82, 2.24) is 0 Å². The molecule has 2 rings (SSSR count). The summed E-state index contributed by atoms with van der Waals surface area (Å²) in [5, 5.41) is 0. The van der Waals surface area contributed by atoms with Gasteiger partial charge < -0.3 is 11.5 Å². The average molecular weight is 154 g/mol. The van der Waals surface area contributed by atoms with Crippen LogP contribution in [0, 0.1) is 17.8 Å². The standard InChI is InChI=1S/C9H18N2/c1-5-2-3-8(10)6-4-7(6)9(5)11/h5-9H,2-4,10-11H2,1H3/t5?,6?,7?,8?,9-/m1/s1. The summed E-state index contributed by atoms with van der Waals surface area (Å²) < 4.78 is 0. The maximum Gasteiger partial charge on any atom is 0.00963 e. The van der Waals surface area contributed by atoms with E-state index in [2.05, 4.69) is 6.92 Å². The largest absolute Gasteiger partial charge is 0.327 e. The monoisotopic (exact) mass is 154 g/mol. The predicted molar refractivity (Wildman–Crippen MR) is 45.9 cm³/mol. The van der Waals surface area contributed by atoms with Gasteiger partial charge in [-0.2, -0.15) is 0 Å². The van der Waals surface area contributed by atoms with Crippen LogP contribution in [-0.2, 0) is 0 Å². The van der Waals surface area contributed by atoms with Crippen molar-refractivity contribution < 1.29 is 0 Å². The molecule has 2 heteroatoms. The summed E-state index contributed by atoms with van der Waals surface area (Å²) in [6.45, 7) is 2.26. The number of nitrogens with two attached hydrogens (primary N) is 2. The highest BCUT2D eigenvalue weighted by molar-refractivity contribution is 5.02. The van der Waals surface area contributed by atoms with Crippen LogP contribution < -0.4 is 11.5 Å². The van der Waals surface area contributed by atoms with Crippen LogP contribution in [0.1, 0.15) is 26.2 Å². The molecule has 5 atom stereocenters. The summed E-state index contributed by atoms with van der Waals surface area (Å²) in [6.07, 6.45) is 3.72. The zero-order valence-electron chi connectivity index (χ0n) is 7.16. The molecule has 2 nitrogen and oxygen atoms in total. The Balaban J connectivity index is 2.05. The summed E-state index contributed by atoms with van der Waals surface area (Å²) in [6, 6.07) is 0.893. The number of hydrogen-bond acceptors (Lipinski definition) is 2. The second-order valence-electron chi connectivity index (χ2n) is 4.36. The topological polar surface area (TPSA) is 52.0 Å². The van der Waals surface area contributed by atoms with Gasteiger partial charge >= 0.3 is 0 Å². The van der Waals surface area contributed by atoms with Gasteiger partial charge in [-0.25, -0.2) is 0 Å². The smallest absolute Gasteiger partial charge is 0.00963 e. The fraction of sp³-hybridized carbons (Fsp3) is 1.00. The minimum Gasteiger partial charge on any atom is -0.327 e. The minimum absolute atomic E-state index is 0.438. The SMILES string of the molecule is CC1CCC(N)C2CC2[C@@H]1N. The molecule has 0 aromatic rings. The number of rotatable bonds is 0. The quantitative estimate of drug-likeness (QED) is 0.540. The third-order valence-corrected chi connectivity index (χ3v) is 3.55. The van der Waals surface area contributed by atoms with E-state index in [1.807, 2.05) is 0 Å². The summed E-state index contributed by atoms with van der Waals surface area (Å²) in [5.41, 5.74) is 12.1. The van der Waals surface area contributed by atoms with Crippen molar-refractivity contribution in [2.45, 2.75) is 38.3 Å². The maximum absolute atomic E-state index is 6.07. The van der Waals surface area contributed by atoms with Gasteiger partial charge in [0.1, 0.15) is 0 Å². The second-order valence-corrected chi connectivity index (χ2v) is 4.36. The van der Waals surface area contributed by atoms with Crippen LogP contribution in [0.4, 0.5) is 0 Å². The Morgan fingerprint density at radius 2 is 1.82 bits per heavy atom. The first-order valence-electron chi connectivity index (χ1n) is 4.71. The molecule has 2 fully saturated rings. The summed E-state index contributed by atoms with van der Waals surface area (Å²) in [5.74, 6) is 2.23. The lowest BCUT2D eigenvalue weighted by atomic mass is 9.96. The molecule has 0 radical (unpaired) electrons. The Bertz CT molecular complexity index is 158. The molecule has 0 amide bonds. The van der Waals surface area contributed by atoms with Gasteiger partial charge in [0.15, 0.2) is 0 Å². The highest BCUT2D eigenvalue weighted by atomic mass is 14.8. The molecule has 0 aliphatic heterocycles. The van der Waals surface area contributed by atoms with E-state index in [0.717, 1.165) is 11.8 Å². The lowest BCUT2D eigenvalue weighted by molar-refractivity contribution is 0.400. The Hall–Kier alpha value is -0.0800. The van der Waals surface area contributed by atoms with Gasteiger partial charge in [-0.3, -0.25) is 0 Å². The molecule has 0 aromatic carbocycles. The zero-order chi connectivity index (χ0) is 8.01. The van der Waals surface area contributed by atoms with Crippen LogP contribution in [0.2, 0.25) is 0 Å². The van der Waals surface area contributed by atoms with E-state index < -0.39 is 0 Å². The van der Waals surface area contributed by atoms with Gasteiger partial charge in [0.25, 0.3) is 0 Å². The van der Waals surface area contributed by atoms with Gasteiger partial charge in [-0.15, -0.1) is 0 Å². The first kappa shape index (κ1) is 7.56. The summed E-state index contributed by atoms with van der Waals surface area (Å²) in [4.78, 5) is 0. The summed E-state index contributed by atoms with van der Waals surface area (Å²) in [7, 11) is 0. The van der Waals surface area contributed by atoms with Crippen LogP contribution in [0.25, 0.3) is 0 Å². The Kier molecular flexibility index (Phi) is 1.69. The fourth-order valence-electron chi connectivity index (χ4n) is 2.45. The number of fused-ring (bicyclic) bond motifs is 1.